The Balaban J connectivity index is 2.13. The van der Waals surface area contributed by atoms with E-state index < -0.39 is 0 Å². The number of hydrazine groups is 1. The first-order chi connectivity index (χ1) is 7.40. The topological polar surface area (TPSA) is 56.5 Å². The van der Waals surface area contributed by atoms with Crippen molar-refractivity contribution in [2.75, 3.05) is 19.8 Å². The molecule has 0 amide bonds. The van der Waals surface area contributed by atoms with Crippen molar-refractivity contribution in [2.45, 2.75) is 12.8 Å². The molecule has 1 heterocycles. The molecule has 15 heavy (non-hydrogen) atoms. The van der Waals surface area contributed by atoms with Crippen molar-refractivity contribution in [3.63, 3.8) is 0 Å². The Hall–Kier alpha value is -1.26. The minimum Gasteiger partial charge on any atom is -0.490 e. The minimum absolute atomic E-state index is 0.728. The summed E-state index contributed by atoms with van der Waals surface area (Å²) in [6.45, 7) is 2.22. The maximum Gasteiger partial charge on any atom is 0.161 e. The fraction of sp³-hybridized carbons (Fsp3) is 0.455. The van der Waals surface area contributed by atoms with Crippen LogP contribution in [0.15, 0.2) is 18.2 Å². The van der Waals surface area contributed by atoms with Crippen LogP contribution in [0.4, 0.5) is 0 Å². The normalized spacial score (nSPS) is 14.7. The monoisotopic (exact) mass is 208 g/mol. The predicted octanol–water partition coefficient (Wildman–Crippen LogP) is 0.854. The van der Waals surface area contributed by atoms with Crippen LogP contribution in [0.2, 0.25) is 0 Å². The molecule has 0 spiro atoms. The zero-order valence-corrected chi connectivity index (χ0v) is 8.66. The van der Waals surface area contributed by atoms with Crippen LogP contribution in [0.5, 0.6) is 11.5 Å². The molecule has 1 aromatic rings. The van der Waals surface area contributed by atoms with Gasteiger partial charge in [0.25, 0.3) is 0 Å². The van der Waals surface area contributed by atoms with Crippen molar-refractivity contribution >= 4 is 0 Å². The van der Waals surface area contributed by atoms with Gasteiger partial charge in [-0.3, -0.25) is 11.3 Å². The van der Waals surface area contributed by atoms with Gasteiger partial charge in [-0.2, -0.15) is 0 Å². The molecule has 0 bridgehead atoms. The number of nitrogens with two attached hydrogens (primary N) is 1. The molecule has 0 aliphatic carbocycles. The first-order valence-electron chi connectivity index (χ1n) is 5.22. The number of ether oxygens (including phenoxy) is 2. The SMILES string of the molecule is NNCCc1ccc2c(c1)OCCCO2. The van der Waals surface area contributed by atoms with Crippen molar-refractivity contribution in [1.82, 2.24) is 5.43 Å². The quantitative estimate of drug-likeness (QED) is 0.571. The van der Waals surface area contributed by atoms with Gasteiger partial charge in [0.05, 0.1) is 13.2 Å². The molecule has 0 atom stereocenters. The lowest BCUT2D eigenvalue weighted by Gasteiger charge is -2.09. The van der Waals surface area contributed by atoms with E-state index in [1.54, 1.807) is 0 Å². The van der Waals surface area contributed by atoms with Gasteiger partial charge >= 0.3 is 0 Å². The molecular weight excluding hydrogens is 192 g/mol. The van der Waals surface area contributed by atoms with E-state index >= 15 is 0 Å². The molecule has 3 N–H and O–H groups in total. The predicted molar refractivity (Wildman–Crippen MR) is 57.9 cm³/mol. The van der Waals surface area contributed by atoms with Gasteiger partial charge in [-0.1, -0.05) is 6.07 Å². The third-order valence-electron chi connectivity index (χ3n) is 2.37. The van der Waals surface area contributed by atoms with Crippen LogP contribution in [0.1, 0.15) is 12.0 Å². The van der Waals surface area contributed by atoms with Crippen molar-refractivity contribution < 1.29 is 9.47 Å². The molecule has 0 radical (unpaired) electrons. The molecule has 0 saturated heterocycles. The summed E-state index contributed by atoms with van der Waals surface area (Å²) in [7, 11) is 0. The zero-order valence-electron chi connectivity index (χ0n) is 8.66. The highest BCUT2D eigenvalue weighted by molar-refractivity contribution is 5.43. The molecular formula is C11H16N2O2. The fourth-order valence-corrected chi connectivity index (χ4v) is 1.58. The summed E-state index contributed by atoms with van der Waals surface area (Å²) in [5, 5.41) is 0. The average molecular weight is 208 g/mol. The molecule has 2 rings (SSSR count). The Morgan fingerprint density at radius 1 is 1.20 bits per heavy atom. The summed E-state index contributed by atoms with van der Waals surface area (Å²) in [6.07, 6.45) is 1.83. The van der Waals surface area contributed by atoms with Gasteiger partial charge in [0, 0.05) is 13.0 Å². The lowest BCUT2D eigenvalue weighted by Crippen LogP contribution is -2.24. The van der Waals surface area contributed by atoms with E-state index in [1.165, 1.54) is 5.56 Å². The first-order valence-corrected chi connectivity index (χ1v) is 5.22. The lowest BCUT2D eigenvalue weighted by atomic mass is 10.1. The lowest BCUT2D eigenvalue weighted by molar-refractivity contribution is 0.297. The molecule has 1 aliphatic heterocycles. The largest absolute Gasteiger partial charge is 0.490 e. The Bertz CT molecular complexity index is 328. The summed E-state index contributed by atoms with van der Waals surface area (Å²) in [5.74, 6) is 6.93. The van der Waals surface area contributed by atoms with Gasteiger partial charge in [0.1, 0.15) is 0 Å². The number of rotatable bonds is 3. The van der Waals surface area contributed by atoms with Gasteiger partial charge in [-0.25, -0.2) is 0 Å². The maximum atomic E-state index is 5.59. The second kappa shape index (κ2) is 5.00. The second-order valence-electron chi connectivity index (χ2n) is 3.54. The highest BCUT2D eigenvalue weighted by Crippen LogP contribution is 2.30. The first kappa shape index (κ1) is 10.3. The zero-order chi connectivity index (χ0) is 10.5. The Morgan fingerprint density at radius 2 is 2.00 bits per heavy atom. The van der Waals surface area contributed by atoms with E-state index in [9.17, 15) is 0 Å². The smallest absolute Gasteiger partial charge is 0.161 e. The standard InChI is InChI=1S/C11H16N2O2/c12-13-5-4-9-2-3-10-11(8-9)15-7-1-6-14-10/h2-3,8,13H,1,4-7,12H2. The van der Waals surface area contributed by atoms with Crippen LogP contribution in [0.25, 0.3) is 0 Å². The summed E-state index contributed by atoms with van der Waals surface area (Å²) in [4.78, 5) is 0. The van der Waals surface area contributed by atoms with Gasteiger partial charge in [0.15, 0.2) is 11.5 Å². The summed E-state index contributed by atoms with van der Waals surface area (Å²) in [5.41, 5.74) is 3.84. The van der Waals surface area contributed by atoms with Gasteiger partial charge in [-0.05, 0) is 24.1 Å². The van der Waals surface area contributed by atoms with Crippen molar-refractivity contribution in [2.24, 2.45) is 5.84 Å². The van der Waals surface area contributed by atoms with E-state index in [0.29, 0.717) is 0 Å². The van der Waals surface area contributed by atoms with Crippen molar-refractivity contribution in [3.8, 4) is 11.5 Å². The molecule has 0 unspecified atom stereocenters. The third-order valence-corrected chi connectivity index (χ3v) is 2.37. The van der Waals surface area contributed by atoms with Crippen LogP contribution in [0.3, 0.4) is 0 Å². The molecule has 1 aromatic carbocycles. The Labute approximate surface area is 89.3 Å². The molecule has 0 fully saturated rings. The summed E-state index contributed by atoms with van der Waals surface area (Å²) < 4.78 is 11.1. The molecule has 0 saturated carbocycles. The van der Waals surface area contributed by atoms with Crippen LogP contribution >= 0.6 is 0 Å². The highest BCUT2D eigenvalue weighted by atomic mass is 16.5. The molecule has 4 heteroatoms. The van der Waals surface area contributed by atoms with E-state index in [-0.39, 0.29) is 0 Å². The minimum atomic E-state index is 0.728. The van der Waals surface area contributed by atoms with Crippen LogP contribution in [0, 0.1) is 0 Å². The van der Waals surface area contributed by atoms with E-state index in [0.717, 1.165) is 44.1 Å². The van der Waals surface area contributed by atoms with E-state index in [1.807, 2.05) is 18.2 Å². The number of hydrogen-bond donors (Lipinski definition) is 2. The van der Waals surface area contributed by atoms with Crippen LogP contribution < -0.4 is 20.7 Å². The number of hydrogen-bond acceptors (Lipinski definition) is 4. The fourth-order valence-electron chi connectivity index (χ4n) is 1.58. The molecule has 0 aromatic heterocycles. The Kier molecular flexibility index (Phi) is 3.42. The van der Waals surface area contributed by atoms with Crippen LogP contribution in [-0.2, 0) is 6.42 Å². The van der Waals surface area contributed by atoms with Gasteiger partial charge < -0.3 is 9.47 Å². The number of benzene rings is 1. The van der Waals surface area contributed by atoms with Gasteiger partial charge in [0.2, 0.25) is 0 Å². The molecule has 1 aliphatic rings. The highest BCUT2D eigenvalue weighted by Gasteiger charge is 2.10. The average Bonchev–Trinajstić information content (AvgIpc) is 2.50. The second-order valence-corrected chi connectivity index (χ2v) is 3.54. The van der Waals surface area contributed by atoms with E-state index in [2.05, 4.69) is 5.43 Å². The maximum absolute atomic E-state index is 5.59. The van der Waals surface area contributed by atoms with Crippen LogP contribution in [-0.4, -0.2) is 19.8 Å². The number of fused-ring (bicyclic) bond motifs is 1. The third kappa shape index (κ3) is 2.61. The summed E-state index contributed by atoms with van der Waals surface area (Å²) in [6, 6.07) is 6.04. The van der Waals surface area contributed by atoms with Gasteiger partial charge in [-0.15, -0.1) is 0 Å². The molecule has 4 nitrogen and oxygen atoms in total. The van der Waals surface area contributed by atoms with Crippen molar-refractivity contribution in [3.05, 3.63) is 23.8 Å². The Morgan fingerprint density at radius 3 is 2.80 bits per heavy atom. The summed E-state index contributed by atoms with van der Waals surface area (Å²) >= 11 is 0. The number of nitrogens with one attached hydrogen (secondary N) is 1. The van der Waals surface area contributed by atoms with Crippen molar-refractivity contribution in [1.29, 1.82) is 0 Å². The molecule has 82 valence electrons. The van der Waals surface area contributed by atoms with E-state index in [4.69, 9.17) is 15.3 Å².